The highest BCUT2D eigenvalue weighted by Crippen LogP contribution is 2.15. The van der Waals surface area contributed by atoms with E-state index in [4.69, 9.17) is 4.98 Å². The Balaban J connectivity index is 2.07. The van der Waals surface area contributed by atoms with Crippen molar-refractivity contribution < 1.29 is 0 Å². The lowest BCUT2D eigenvalue weighted by Crippen LogP contribution is -2.28. The number of nitrogens with zero attached hydrogens (tertiary/aromatic N) is 3. The largest absolute Gasteiger partial charge is 0.312 e. The fraction of sp³-hybridized carbons (Fsp3) is 0.714. The number of aromatic nitrogens is 2. The summed E-state index contributed by atoms with van der Waals surface area (Å²) >= 11 is 0. The van der Waals surface area contributed by atoms with Crippen LogP contribution < -0.4 is 5.32 Å². The van der Waals surface area contributed by atoms with Gasteiger partial charge < -0.3 is 10.2 Å². The van der Waals surface area contributed by atoms with Gasteiger partial charge in [0.25, 0.3) is 0 Å². The van der Waals surface area contributed by atoms with Crippen LogP contribution in [0.15, 0.2) is 0 Å². The van der Waals surface area contributed by atoms with E-state index >= 15 is 0 Å². The van der Waals surface area contributed by atoms with Crippen molar-refractivity contribution in [3.63, 3.8) is 0 Å². The third-order valence-corrected chi connectivity index (χ3v) is 3.73. The van der Waals surface area contributed by atoms with Gasteiger partial charge in [0, 0.05) is 43.7 Å². The molecule has 4 nitrogen and oxygen atoms in total. The number of likely N-dealkylation sites (N-methyl/N-ethyl adjacent to an activating group) is 1. The average molecular weight is 248 g/mol. The summed E-state index contributed by atoms with van der Waals surface area (Å²) in [6.45, 7) is 11.7. The number of hydrogen-bond acceptors (Lipinski definition) is 4. The zero-order valence-corrected chi connectivity index (χ0v) is 11.8. The molecule has 0 unspecified atom stereocenters. The Morgan fingerprint density at radius 1 is 1.22 bits per heavy atom. The molecule has 1 aliphatic heterocycles. The predicted octanol–water partition coefficient (Wildman–Crippen LogP) is 1.32. The fourth-order valence-electron chi connectivity index (χ4n) is 2.48. The molecule has 100 valence electrons. The summed E-state index contributed by atoms with van der Waals surface area (Å²) in [5, 5.41) is 3.38. The molecule has 0 aliphatic carbocycles. The summed E-state index contributed by atoms with van der Waals surface area (Å²) in [6.07, 6.45) is 2.00. The van der Waals surface area contributed by atoms with Crippen molar-refractivity contribution >= 4 is 0 Å². The Morgan fingerprint density at radius 3 is 2.72 bits per heavy atom. The van der Waals surface area contributed by atoms with E-state index in [1.165, 1.54) is 11.3 Å². The smallest absolute Gasteiger partial charge is 0.130 e. The molecule has 2 heterocycles. The number of aryl methyl sites for hydroxylation is 1. The Morgan fingerprint density at radius 2 is 2.00 bits per heavy atom. The Labute approximate surface area is 110 Å². The van der Waals surface area contributed by atoms with Crippen LogP contribution in [0.4, 0.5) is 0 Å². The summed E-state index contributed by atoms with van der Waals surface area (Å²) in [6, 6.07) is 0. The Kier molecular flexibility index (Phi) is 4.66. The minimum absolute atomic E-state index is 0.928. The quantitative estimate of drug-likeness (QED) is 0.853. The van der Waals surface area contributed by atoms with Crippen LogP contribution in [0, 0.1) is 6.92 Å². The van der Waals surface area contributed by atoms with Crippen LogP contribution in [-0.4, -0.2) is 41.0 Å². The topological polar surface area (TPSA) is 41.1 Å². The van der Waals surface area contributed by atoms with Crippen molar-refractivity contribution in [2.24, 2.45) is 0 Å². The lowest BCUT2D eigenvalue weighted by atomic mass is 10.1. The first-order valence-electron chi connectivity index (χ1n) is 7.03. The molecule has 0 aromatic carbocycles. The van der Waals surface area contributed by atoms with Crippen molar-refractivity contribution in [3.05, 3.63) is 22.8 Å². The lowest BCUT2D eigenvalue weighted by Gasteiger charge is -2.20. The van der Waals surface area contributed by atoms with Crippen LogP contribution in [0.25, 0.3) is 0 Å². The molecular formula is C14H24N4. The fourth-order valence-corrected chi connectivity index (χ4v) is 2.48. The van der Waals surface area contributed by atoms with Gasteiger partial charge >= 0.3 is 0 Å². The molecule has 0 amide bonds. The number of rotatable bonds is 5. The van der Waals surface area contributed by atoms with E-state index in [1.807, 2.05) is 0 Å². The standard InChI is InChI=1S/C14H24N4/c1-4-18(5-2)9-7-14-16-11(3)12-10-15-8-6-13(12)17-14/h15H,4-10H2,1-3H3. The third kappa shape index (κ3) is 3.06. The molecule has 1 aromatic heterocycles. The van der Waals surface area contributed by atoms with Gasteiger partial charge in [-0.2, -0.15) is 0 Å². The molecular weight excluding hydrogens is 224 g/mol. The third-order valence-electron chi connectivity index (χ3n) is 3.73. The van der Waals surface area contributed by atoms with E-state index in [0.717, 1.165) is 57.1 Å². The highest BCUT2D eigenvalue weighted by Gasteiger charge is 2.15. The summed E-state index contributed by atoms with van der Waals surface area (Å²) in [5.74, 6) is 1.01. The van der Waals surface area contributed by atoms with E-state index in [0.29, 0.717) is 0 Å². The maximum Gasteiger partial charge on any atom is 0.130 e. The molecule has 0 saturated heterocycles. The monoisotopic (exact) mass is 248 g/mol. The number of fused-ring (bicyclic) bond motifs is 1. The van der Waals surface area contributed by atoms with Gasteiger partial charge in [0.05, 0.1) is 5.69 Å². The minimum atomic E-state index is 0.928. The predicted molar refractivity (Wildman–Crippen MR) is 73.7 cm³/mol. The maximum atomic E-state index is 4.74. The van der Waals surface area contributed by atoms with E-state index in [1.54, 1.807) is 0 Å². The molecule has 0 saturated carbocycles. The average Bonchev–Trinajstić information content (AvgIpc) is 2.40. The maximum absolute atomic E-state index is 4.74. The second-order valence-electron chi connectivity index (χ2n) is 4.85. The van der Waals surface area contributed by atoms with Crippen LogP contribution in [0.1, 0.15) is 36.6 Å². The van der Waals surface area contributed by atoms with Crippen LogP contribution in [0.5, 0.6) is 0 Å². The second-order valence-corrected chi connectivity index (χ2v) is 4.85. The molecule has 0 fully saturated rings. The Hall–Kier alpha value is -1.00. The molecule has 0 spiro atoms. The van der Waals surface area contributed by atoms with Crippen molar-refractivity contribution in [2.75, 3.05) is 26.2 Å². The van der Waals surface area contributed by atoms with Crippen molar-refractivity contribution in [1.82, 2.24) is 20.2 Å². The van der Waals surface area contributed by atoms with Crippen LogP contribution in [0.2, 0.25) is 0 Å². The first-order chi connectivity index (χ1) is 8.74. The number of hydrogen-bond donors (Lipinski definition) is 1. The van der Waals surface area contributed by atoms with Crippen molar-refractivity contribution in [3.8, 4) is 0 Å². The molecule has 0 bridgehead atoms. The number of nitrogens with one attached hydrogen (secondary N) is 1. The minimum Gasteiger partial charge on any atom is -0.312 e. The summed E-state index contributed by atoms with van der Waals surface area (Å²) < 4.78 is 0. The molecule has 1 N–H and O–H groups in total. The molecule has 0 atom stereocenters. The first-order valence-corrected chi connectivity index (χ1v) is 7.03. The van der Waals surface area contributed by atoms with E-state index in [2.05, 4.69) is 36.0 Å². The zero-order valence-electron chi connectivity index (χ0n) is 11.8. The van der Waals surface area contributed by atoms with Crippen molar-refractivity contribution in [2.45, 2.75) is 40.2 Å². The van der Waals surface area contributed by atoms with Gasteiger partial charge in [0.1, 0.15) is 5.82 Å². The summed E-state index contributed by atoms with van der Waals surface area (Å²) in [5.41, 5.74) is 3.73. The van der Waals surface area contributed by atoms with Gasteiger partial charge in [0.15, 0.2) is 0 Å². The molecule has 2 rings (SSSR count). The highest BCUT2D eigenvalue weighted by molar-refractivity contribution is 5.27. The zero-order chi connectivity index (χ0) is 13.0. The van der Waals surface area contributed by atoms with E-state index in [9.17, 15) is 0 Å². The molecule has 1 aliphatic rings. The van der Waals surface area contributed by atoms with Gasteiger partial charge in [-0.05, 0) is 20.0 Å². The lowest BCUT2D eigenvalue weighted by molar-refractivity contribution is 0.305. The van der Waals surface area contributed by atoms with Gasteiger partial charge in [-0.15, -0.1) is 0 Å². The van der Waals surface area contributed by atoms with Crippen LogP contribution in [-0.2, 0) is 19.4 Å². The molecule has 0 radical (unpaired) electrons. The second kappa shape index (κ2) is 6.25. The molecule has 4 heteroatoms. The molecule has 1 aromatic rings. The summed E-state index contributed by atoms with van der Waals surface area (Å²) in [4.78, 5) is 11.8. The van der Waals surface area contributed by atoms with Gasteiger partial charge in [-0.3, -0.25) is 0 Å². The first kappa shape index (κ1) is 13.4. The van der Waals surface area contributed by atoms with Crippen molar-refractivity contribution in [1.29, 1.82) is 0 Å². The van der Waals surface area contributed by atoms with Gasteiger partial charge in [-0.25, -0.2) is 9.97 Å². The van der Waals surface area contributed by atoms with Crippen LogP contribution in [0.3, 0.4) is 0 Å². The summed E-state index contributed by atoms with van der Waals surface area (Å²) in [7, 11) is 0. The van der Waals surface area contributed by atoms with Gasteiger partial charge in [-0.1, -0.05) is 13.8 Å². The Bertz CT molecular complexity index is 399. The van der Waals surface area contributed by atoms with E-state index in [-0.39, 0.29) is 0 Å². The van der Waals surface area contributed by atoms with Gasteiger partial charge in [0.2, 0.25) is 0 Å². The SMILES string of the molecule is CCN(CC)CCc1nc(C)c2c(n1)CCNC2. The van der Waals surface area contributed by atoms with Crippen LogP contribution >= 0.6 is 0 Å². The van der Waals surface area contributed by atoms with E-state index < -0.39 is 0 Å². The normalized spacial score (nSPS) is 14.9. The highest BCUT2D eigenvalue weighted by atomic mass is 15.1. The molecule has 18 heavy (non-hydrogen) atoms.